The van der Waals surface area contributed by atoms with Crippen molar-refractivity contribution >= 4 is 16.6 Å². The highest BCUT2D eigenvalue weighted by Gasteiger charge is 2.38. The van der Waals surface area contributed by atoms with Gasteiger partial charge in [0.2, 0.25) is 0 Å². The highest BCUT2D eigenvalue weighted by molar-refractivity contribution is 5.84. The second kappa shape index (κ2) is 6.48. The quantitative estimate of drug-likeness (QED) is 0.575. The summed E-state index contributed by atoms with van der Waals surface area (Å²) in [7, 11) is 0. The van der Waals surface area contributed by atoms with Gasteiger partial charge in [-0.25, -0.2) is 0 Å². The Morgan fingerprint density at radius 2 is 1.52 bits per heavy atom. The number of carbonyl (C=O) groups is 1. The molecule has 0 amide bonds. The van der Waals surface area contributed by atoms with E-state index in [1.807, 2.05) is 0 Å². The molecule has 1 fully saturated rings. The Labute approximate surface area is 149 Å². The molecule has 1 heteroatoms. The van der Waals surface area contributed by atoms with E-state index in [1.54, 1.807) is 6.92 Å². The van der Waals surface area contributed by atoms with Gasteiger partial charge in [0, 0.05) is 5.92 Å². The van der Waals surface area contributed by atoms with E-state index in [4.69, 9.17) is 0 Å². The van der Waals surface area contributed by atoms with Crippen LogP contribution in [0.2, 0.25) is 0 Å². The molecule has 0 aromatic heterocycles. The third kappa shape index (κ3) is 3.11. The van der Waals surface area contributed by atoms with Crippen LogP contribution in [0.5, 0.6) is 0 Å². The fraction of sp³-hybridized carbons (Fsp3) is 0.292. The summed E-state index contributed by atoms with van der Waals surface area (Å²) in [4.78, 5) is 12.3. The first-order valence-corrected chi connectivity index (χ1v) is 9.17. The number of Topliss-reactive ketones (excluding diaryl/α,β-unsaturated/α-hetero) is 1. The highest BCUT2D eigenvalue weighted by atomic mass is 16.1. The predicted octanol–water partition coefficient (Wildman–Crippen LogP) is 6.01. The molecule has 0 aliphatic heterocycles. The zero-order valence-electron chi connectivity index (χ0n) is 14.9. The molecule has 1 aliphatic rings. The molecule has 0 radical (unpaired) electrons. The summed E-state index contributed by atoms with van der Waals surface area (Å²) >= 11 is 0. The third-order valence-corrected chi connectivity index (χ3v) is 5.84. The third-order valence-electron chi connectivity index (χ3n) is 5.84. The zero-order valence-corrected chi connectivity index (χ0v) is 14.9. The monoisotopic (exact) mass is 328 g/mol. The van der Waals surface area contributed by atoms with Gasteiger partial charge in [0.05, 0.1) is 0 Å². The Balaban J connectivity index is 1.68. The molecular weight excluding hydrogens is 304 g/mol. The van der Waals surface area contributed by atoms with Gasteiger partial charge in [-0.05, 0) is 60.4 Å². The SMILES string of the molecule is CC(=O)C1CC(c2ccc(C)cc2)C[C@H]1c1ccc2ccccc2c1. The van der Waals surface area contributed by atoms with Gasteiger partial charge in [-0.2, -0.15) is 0 Å². The van der Waals surface area contributed by atoms with Crippen LogP contribution in [0.15, 0.2) is 66.7 Å². The van der Waals surface area contributed by atoms with Crippen molar-refractivity contribution in [2.45, 2.75) is 38.5 Å². The molecule has 1 nitrogen and oxygen atoms in total. The Bertz CT molecular complexity index is 907. The maximum absolute atomic E-state index is 12.3. The van der Waals surface area contributed by atoms with Crippen LogP contribution in [0.4, 0.5) is 0 Å². The first-order valence-electron chi connectivity index (χ1n) is 9.17. The number of hydrogen-bond acceptors (Lipinski definition) is 1. The number of hydrogen-bond donors (Lipinski definition) is 0. The zero-order chi connectivity index (χ0) is 17.4. The summed E-state index contributed by atoms with van der Waals surface area (Å²) in [5.41, 5.74) is 3.98. The van der Waals surface area contributed by atoms with Gasteiger partial charge in [0.1, 0.15) is 5.78 Å². The Morgan fingerprint density at radius 3 is 2.24 bits per heavy atom. The van der Waals surface area contributed by atoms with Crippen LogP contribution in [-0.2, 0) is 4.79 Å². The van der Waals surface area contributed by atoms with Crippen molar-refractivity contribution in [3.8, 4) is 0 Å². The predicted molar refractivity (Wildman–Crippen MR) is 104 cm³/mol. The van der Waals surface area contributed by atoms with E-state index in [0.717, 1.165) is 12.8 Å². The fourth-order valence-electron chi connectivity index (χ4n) is 4.40. The smallest absolute Gasteiger partial charge is 0.133 e. The Hall–Kier alpha value is -2.41. The van der Waals surface area contributed by atoms with Gasteiger partial charge in [0.25, 0.3) is 0 Å². The van der Waals surface area contributed by atoms with E-state index in [2.05, 4.69) is 73.7 Å². The Morgan fingerprint density at radius 1 is 0.840 bits per heavy atom. The normalized spacial score (nSPS) is 23.0. The lowest BCUT2D eigenvalue weighted by Gasteiger charge is -2.18. The van der Waals surface area contributed by atoms with Gasteiger partial charge in [-0.3, -0.25) is 4.79 Å². The molecule has 0 spiro atoms. The average Bonchev–Trinajstić information content (AvgIpc) is 3.07. The minimum Gasteiger partial charge on any atom is -0.300 e. The molecule has 25 heavy (non-hydrogen) atoms. The van der Waals surface area contributed by atoms with Crippen LogP contribution < -0.4 is 0 Å². The number of aryl methyl sites for hydroxylation is 1. The maximum Gasteiger partial charge on any atom is 0.133 e. The molecule has 0 saturated heterocycles. The summed E-state index contributed by atoms with van der Waals surface area (Å²) in [6.45, 7) is 3.88. The van der Waals surface area contributed by atoms with Crippen LogP contribution in [0.3, 0.4) is 0 Å². The van der Waals surface area contributed by atoms with E-state index in [0.29, 0.717) is 17.6 Å². The van der Waals surface area contributed by atoms with Crippen LogP contribution in [0.1, 0.15) is 48.3 Å². The van der Waals surface area contributed by atoms with Crippen LogP contribution in [0.25, 0.3) is 10.8 Å². The number of rotatable bonds is 3. The lowest BCUT2D eigenvalue weighted by atomic mass is 9.86. The van der Waals surface area contributed by atoms with E-state index < -0.39 is 0 Å². The van der Waals surface area contributed by atoms with Crippen molar-refractivity contribution in [3.05, 3.63) is 83.4 Å². The molecular formula is C24H24O. The van der Waals surface area contributed by atoms with Gasteiger partial charge < -0.3 is 0 Å². The number of carbonyl (C=O) groups excluding carboxylic acids is 1. The van der Waals surface area contributed by atoms with Crippen LogP contribution in [0, 0.1) is 12.8 Å². The molecule has 3 aromatic rings. The van der Waals surface area contributed by atoms with E-state index in [9.17, 15) is 4.79 Å². The minimum absolute atomic E-state index is 0.132. The number of ketones is 1. The van der Waals surface area contributed by atoms with Crippen molar-refractivity contribution in [3.63, 3.8) is 0 Å². The molecule has 4 rings (SSSR count). The first-order chi connectivity index (χ1) is 12.1. The average molecular weight is 328 g/mol. The second-order valence-electron chi connectivity index (χ2n) is 7.51. The first kappa shape index (κ1) is 16.1. The molecule has 0 bridgehead atoms. The molecule has 1 saturated carbocycles. The molecule has 0 heterocycles. The van der Waals surface area contributed by atoms with Crippen molar-refractivity contribution in [1.82, 2.24) is 0 Å². The summed E-state index contributed by atoms with van der Waals surface area (Å²) in [5.74, 6) is 1.26. The Kier molecular flexibility index (Phi) is 4.17. The molecule has 3 aromatic carbocycles. The van der Waals surface area contributed by atoms with Crippen molar-refractivity contribution < 1.29 is 4.79 Å². The molecule has 2 unspecified atom stereocenters. The van der Waals surface area contributed by atoms with Crippen molar-refractivity contribution in [2.75, 3.05) is 0 Å². The van der Waals surface area contributed by atoms with Gasteiger partial charge in [0.15, 0.2) is 0 Å². The molecule has 3 atom stereocenters. The van der Waals surface area contributed by atoms with E-state index in [-0.39, 0.29) is 5.92 Å². The number of fused-ring (bicyclic) bond motifs is 1. The van der Waals surface area contributed by atoms with Crippen LogP contribution >= 0.6 is 0 Å². The topological polar surface area (TPSA) is 17.1 Å². The highest BCUT2D eigenvalue weighted by Crippen LogP contribution is 2.48. The maximum atomic E-state index is 12.3. The number of benzene rings is 3. The second-order valence-corrected chi connectivity index (χ2v) is 7.51. The molecule has 0 N–H and O–H groups in total. The van der Waals surface area contributed by atoms with E-state index in [1.165, 1.54) is 27.5 Å². The fourth-order valence-corrected chi connectivity index (χ4v) is 4.40. The molecule has 1 aliphatic carbocycles. The van der Waals surface area contributed by atoms with Gasteiger partial charge in [-0.15, -0.1) is 0 Å². The minimum atomic E-state index is 0.132. The largest absolute Gasteiger partial charge is 0.300 e. The lowest BCUT2D eigenvalue weighted by molar-refractivity contribution is -0.121. The molecule has 126 valence electrons. The van der Waals surface area contributed by atoms with Crippen molar-refractivity contribution in [2.24, 2.45) is 5.92 Å². The van der Waals surface area contributed by atoms with Crippen molar-refractivity contribution in [1.29, 1.82) is 0 Å². The standard InChI is InChI=1S/C24H24O/c1-16-7-9-19(10-8-16)22-14-23(17(2)25)24(15-22)21-12-11-18-5-3-4-6-20(18)13-21/h3-13,22-24H,14-15H2,1-2H3/t22?,23?,24-/m0/s1. The van der Waals surface area contributed by atoms with Gasteiger partial charge in [-0.1, -0.05) is 72.3 Å². The summed E-state index contributed by atoms with van der Waals surface area (Å²) in [6.07, 6.45) is 2.03. The summed E-state index contributed by atoms with van der Waals surface area (Å²) < 4.78 is 0. The van der Waals surface area contributed by atoms with Crippen LogP contribution in [-0.4, -0.2) is 5.78 Å². The van der Waals surface area contributed by atoms with Gasteiger partial charge >= 0.3 is 0 Å². The lowest BCUT2D eigenvalue weighted by Crippen LogP contribution is -2.14. The van der Waals surface area contributed by atoms with E-state index >= 15 is 0 Å². The summed E-state index contributed by atoms with van der Waals surface area (Å²) in [6, 6.07) is 24.0. The summed E-state index contributed by atoms with van der Waals surface area (Å²) in [5, 5.41) is 2.53.